The topological polar surface area (TPSA) is 115 Å². The van der Waals surface area contributed by atoms with Gasteiger partial charge in [-0.2, -0.15) is 0 Å². The van der Waals surface area contributed by atoms with E-state index in [1.54, 1.807) is 6.92 Å². The van der Waals surface area contributed by atoms with Crippen molar-refractivity contribution in [1.29, 1.82) is 0 Å². The second-order valence-corrected chi connectivity index (χ2v) is 7.72. The Kier molecular flexibility index (Phi) is 4.84. The average Bonchev–Trinajstić information content (AvgIpc) is 2.46. The first-order valence-corrected chi connectivity index (χ1v) is 8.75. The van der Waals surface area contributed by atoms with Crippen LogP contribution in [-0.2, 0) is 10.0 Å². The van der Waals surface area contributed by atoms with Gasteiger partial charge in [-0.3, -0.25) is 10.1 Å². The van der Waals surface area contributed by atoms with Gasteiger partial charge >= 0.3 is 0 Å². The van der Waals surface area contributed by atoms with Gasteiger partial charge in [-0.25, -0.2) is 13.1 Å². The highest BCUT2D eigenvalue weighted by molar-refractivity contribution is 7.89. The summed E-state index contributed by atoms with van der Waals surface area (Å²) in [5.74, 6) is 0. The molecule has 22 heavy (non-hydrogen) atoms. The van der Waals surface area contributed by atoms with E-state index in [0.717, 1.165) is 38.2 Å². The molecule has 0 aromatic heterocycles. The van der Waals surface area contributed by atoms with E-state index in [0.29, 0.717) is 5.56 Å². The van der Waals surface area contributed by atoms with Gasteiger partial charge in [0.2, 0.25) is 10.0 Å². The number of nitrogens with two attached hydrogens (primary N) is 1. The van der Waals surface area contributed by atoms with E-state index in [9.17, 15) is 18.5 Å². The Morgan fingerprint density at radius 3 is 2.55 bits per heavy atom. The number of nitro benzene ring substituents is 1. The summed E-state index contributed by atoms with van der Waals surface area (Å²) in [4.78, 5) is 10.2. The van der Waals surface area contributed by atoms with Crippen molar-refractivity contribution in [2.45, 2.75) is 49.5 Å². The third kappa shape index (κ3) is 3.82. The summed E-state index contributed by atoms with van der Waals surface area (Å²) in [6, 6.07) is 3.89. The SMILES string of the molecule is Cc1ccc(S(=O)(=O)NCC2(N)CCCCC2)cc1[N+](=O)[O-]. The van der Waals surface area contributed by atoms with Crippen molar-refractivity contribution in [1.82, 2.24) is 4.72 Å². The summed E-state index contributed by atoms with van der Waals surface area (Å²) in [6.07, 6.45) is 4.67. The number of sulfonamides is 1. The maximum Gasteiger partial charge on any atom is 0.273 e. The van der Waals surface area contributed by atoms with Crippen molar-refractivity contribution in [3.05, 3.63) is 33.9 Å². The van der Waals surface area contributed by atoms with E-state index in [-0.39, 0.29) is 17.1 Å². The zero-order valence-electron chi connectivity index (χ0n) is 12.5. The van der Waals surface area contributed by atoms with Crippen molar-refractivity contribution in [3.63, 3.8) is 0 Å². The standard InChI is InChI=1S/C14H21N3O4S/c1-11-5-6-12(9-13(11)17(18)19)22(20,21)16-10-14(15)7-3-2-4-8-14/h5-6,9,16H,2-4,7-8,10,15H2,1H3. The van der Waals surface area contributed by atoms with Crippen molar-refractivity contribution in [3.8, 4) is 0 Å². The smallest absolute Gasteiger partial charge is 0.273 e. The van der Waals surface area contributed by atoms with E-state index in [1.165, 1.54) is 12.1 Å². The molecule has 0 unspecified atom stereocenters. The largest absolute Gasteiger partial charge is 0.324 e. The van der Waals surface area contributed by atoms with Crippen LogP contribution < -0.4 is 10.5 Å². The normalized spacial score (nSPS) is 18.1. The second-order valence-electron chi connectivity index (χ2n) is 5.95. The Bertz CT molecular complexity index is 667. The lowest BCUT2D eigenvalue weighted by Gasteiger charge is -2.33. The molecule has 3 N–H and O–H groups in total. The predicted octanol–water partition coefficient (Wildman–Crippen LogP) is 1.84. The molecule has 1 fully saturated rings. The van der Waals surface area contributed by atoms with Crippen molar-refractivity contribution < 1.29 is 13.3 Å². The number of nitrogens with one attached hydrogen (secondary N) is 1. The van der Waals surface area contributed by atoms with Crippen LogP contribution in [0.3, 0.4) is 0 Å². The van der Waals surface area contributed by atoms with Crippen LogP contribution in [0.15, 0.2) is 23.1 Å². The van der Waals surface area contributed by atoms with Crippen LogP contribution in [0.1, 0.15) is 37.7 Å². The van der Waals surface area contributed by atoms with Gasteiger partial charge in [-0.15, -0.1) is 0 Å². The maximum atomic E-state index is 12.3. The molecule has 0 atom stereocenters. The molecule has 1 aromatic rings. The minimum Gasteiger partial charge on any atom is -0.324 e. The fraction of sp³-hybridized carbons (Fsp3) is 0.571. The molecule has 0 heterocycles. The summed E-state index contributed by atoms with van der Waals surface area (Å²) in [5, 5.41) is 10.9. The molecule has 1 aliphatic rings. The summed E-state index contributed by atoms with van der Waals surface area (Å²) in [7, 11) is -3.81. The monoisotopic (exact) mass is 327 g/mol. The van der Waals surface area contributed by atoms with Gasteiger partial charge in [0.05, 0.1) is 9.82 Å². The van der Waals surface area contributed by atoms with Gasteiger partial charge in [-0.05, 0) is 25.8 Å². The van der Waals surface area contributed by atoms with Gasteiger partial charge in [0.1, 0.15) is 0 Å². The van der Waals surface area contributed by atoms with E-state index in [4.69, 9.17) is 5.73 Å². The lowest BCUT2D eigenvalue weighted by atomic mass is 9.83. The van der Waals surface area contributed by atoms with Gasteiger partial charge in [0.15, 0.2) is 0 Å². The van der Waals surface area contributed by atoms with Crippen molar-refractivity contribution >= 4 is 15.7 Å². The zero-order chi connectivity index (χ0) is 16.4. The second kappa shape index (κ2) is 6.31. The van der Waals surface area contributed by atoms with Crippen LogP contribution in [0.5, 0.6) is 0 Å². The Balaban J connectivity index is 2.16. The summed E-state index contributed by atoms with van der Waals surface area (Å²) in [6.45, 7) is 1.72. The average molecular weight is 327 g/mol. The van der Waals surface area contributed by atoms with Crippen LogP contribution in [0, 0.1) is 17.0 Å². The molecular formula is C14H21N3O4S. The van der Waals surface area contributed by atoms with E-state index >= 15 is 0 Å². The fourth-order valence-corrected chi connectivity index (χ4v) is 3.87. The minimum atomic E-state index is -3.81. The number of rotatable bonds is 5. The first-order chi connectivity index (χ1) is 10.2. The predicted molar refractivity (Wildman–Crippen MR) is 83.0 cm³/mol. The van der Waals surface area contributed by atoms with Crippen LogP contribution >= 0.6 is 0 Å². The van der Waals surface area contributed by atoms with Crippen molar-refractivity contribution in [2.24, 2.45) is 5.73 Å². The lowest BCUT2D eigenvalue weighted by molar-refractivity contribution is -0.385. The number of hydrogen-bond acceptors (Lipinski definition) is 5. The summed E-state index contributed by atoms with van der Waals surface area (Å²) < 4.78 is 27.1. The van der Waals surface area contributed by atoms with Crippen LogP contribution in [-0.4, -0.2) is 25.4 Å². The van der Waals surface area contributed by atoms with Crippen LogP contribution in [0.4, 0.5) is 5.69 Å². The van der Waals surface area contributed by atoms with E-state index in [2.05, 4.69) is 4.72 Å². The van der Waals surface area contributed by atoms with Crippen LogP contribution in [0.2, 0.25) is 0 Å². The molecule has 7 nitrogen and oxygen atoms in total. The van der Waals surface area contributed by atoms with Gasteiger partial charge in [0.25, 0.3) is 5.69 Å². The molecule has 122 valence electrons. The molecule has 0 amide bonds. The van der Waals surface area contributed by atoms with E-state index < -0.39 is 20.5 Å². The first kappa shape index (κ1) is 16.9. The molecule has 1 aliphatic carbocycles. The number of nitrogens with zero attached hydrogens (tertiary/aromatic N) is 1. The van der Waals surface area contributed by atoms with Gasteiger partial charge in [-0.1, -0.05) is 25.3 Å². The Morgan fingerprint density at radius 1 is 1.32 bits per heavy atom. The fourth-order valence-electron chi connectivity index (χ4n) is 2.71. The third-order valence-corrected chi connectivity index (χ3v) is 5.55. The maximum absolute atomic E-state index is 12.3. The quantitative estimate of drug-likeness (QED) is 0.632. The molecule has 1 aromatic carbocycles. The first-order valence-electron chi connectivity index (χ1n) is 7.27. The molecule has 0 bridgehead atoms. The zero-order valence-corrected chi connectivity index (χ0v) is 13.4. The minimum absolute atomic E-state index is 0.107. The lowest BCUT2D eigenvalue weighted by Crippen LogP contribution is -2.51. The number of nitro groups is 1. The molecule has 1 saturated carbocycles. The molecular weight excluding hydrogens is 306 g/mol. The summed E-state index contributed by atoms with van der Waals surface area (Å²) in [5.41, 5.74) is 5.90. The summed E-state index contributed by atoms with van der Waals surface area (Å²) >= 11 is 0. The number of aryl methyl sites for hydroxylation is 1. The number of hydrogen-bond donors (Lipinski definition) is 2. The molecule has 0 aliphatic heterocycles. The molecule has 8 heteroatoms. The number of benzene rings is 1. The molecule has 0 spiro atoms. The van der Waals surface area contributed by atoms with Crippen LogP contribution in [0.25, 0.3) is 0 Å². The highest BCUT2D eigenvalue weighted by atomic mass is 32.2. The highest BCUT2D eigenvalue weighted by Gasteiger charge is 2.29. The molecule has 2 rings (SSSR count). The highest BCUT2D eigenvalue weighted by Crippen LogP contribution is 2.26. The Morgan fingerprint density at radius 2 is 1.95 bits per heavy atom. The van der Waals surface area contributed by atoms with E-state index in [1.807, 2.05) is 0 Å². The Labute approximate surface area is 130 Å². The molecule has 0 saturated heterocycles. The third-order valence-electron chi connectivity index (χ3n) is 4.15. The Hall–Kier alpha value is -1.51. The van der Waals surface area contributed by atoms with Gasteiger partial charge in [0, 0.05) is 23.7 Å². The van der Waals surface area contributed by atoms with Crippen molar-refractivity contribution in [2.75, 3.05) is 6.54 Å². The van der Waals surface area contributed by atoms with Gasteiger partial charge < -0.3 is 5.73 Å². The molecule has 0 radical (unpaired) electrons.